The molecule has 1 saturated carbocycles. The average molecular weight is 150 g/mol. The zero-order valence-electron chi connectivity index (χ0n) is 7.26. The molecule has 2 aliphatic rings. The van der Waals surface area contributed by atoms with Gasteiger partial charge in [0.15, 0.2) is 0 Å². The van der Waals surface area contributed by atoms with Gasteiger partial charge in [-0.2, -0.15) is 0 Å². The second-order valence-electron chi connectivity index (χ2n) is 4.08. The quantitative estimate of drug-likeness (QED) is 0.463. The Morgan fingerprint density at radius 1 is 0.727 bits per heavy atom. The molecule has 62 valence electrons. The van der Waals surface area contributed by atoms with Crippen molar-refractivity contribution in [3.05, 3.63) is 12.2 Å². The van der Waals surface area contributed by atoms with E-state index in [1.165, 1.54) is 44.9 Å². The number of allylic oxidation sites excluding steroid dienone is 2. The molecule has 0 aromatic rings. The Morgan fingerprint density at radius 3 is 2.27 bits per heavy atom. The molecule has 0 saturated heterocycles. The van der Waals surface area contributed by atoms with Crippen molar-refractivity contribution in [1.82, 2.24) is 0 Å². The predicted molar refractivity (Wildman–Crippen MR) is 48.4 cm³/mol. The normalized spacial score (nSPS) is 37.8. The van der Waals surface area contributed by atoms with Gasteiger partial charge in [-0.1, -0.05) is 12.2 Å². The van der Waals surface area contributed by atoms with Crippen molar-refractivity contribution in [1.29, 1.82) is 0 Å². The van der Waals surface area contributed by atoms with Crippen molar-refractivity contribution in [2.45, 2.75) is 44.9 Å². The molecule has 0 amide bonds. The fourth-order valence-electron chi connectivity index (χ4n) is 2.44. The highest BCUT2D eigenvalue weighted by Gasteiger charge is 2.29. The largest absolute Gasteiger partial charge is 0.0885 e. The molecule has 11 heavy (non-hydrogen) atoms. The lowest BCUT2D eigenvalue weighted by atomic mass is 9.69. The Balaban J connectivity index is 1.87. The van der Waals surface area contributed by atoms with Crippen LogP contribution < -0.4 is 0 Å². The van der Waals surface area contributed by atoms with Crippen LogP contribution in [0.2, 0.25) is 0 Å². The van der Waals surface area contributed by atoms with Gasteiger partial charge in [0.05, 0.1) is 0 Å². The fraction of sp³-hybridized carbons (Fsp3) is 0.818. The van der Waals surface area contributed by atoms with Crippen LogP contribution in [0.25, 0.3) is 0 Å². The van der Waals surface area contributed by atoms with Gasteiger partial charge in [0.25, 0.3) is 0 Å². The van der Waals surface area contributed by atoms with Gasteiger partial charge in [-0.3, -0.25) is 0 Å². The third kappa shape index (κ3) is 1.66. The van der Waals surface area contributed by atoms with Crippen LogP contribution >= 0.6 is 0 Å². The molecule has 0 bridgehead atoms. The van der Waals surface area contributed by atoms with Crippen LogP contribution in [0.1, 0.15) is 44.9 Å². The maximum absolute atomic E-state index is 2.39. The molecule has 0 N–H and O–H groups in total. The van der Waals surface area contributed by atoms with Gasteiger partial charge < -0.3 is 0 Å². The summed E-state index contributed by atoms with van der Waals surface area (Å²) in [5.74, 6) is 2.23. The SMILES string of the molecule is C1=CCCC2CCC2CCC1. The summed E-state index contributed by atoms with van der Waals surface area (Å²) in [6.45, 7) is 0. The first-order chi connectivity index (χ1) is 5.47. The Morgan fingerprint density at radius 2 is 1.45 bits per heavy atom. The van der Waals surface area contributed by atoms with Crippen molar-refractivity contribution in [2.75, 3.05) is 0 Å². The summed E-state index contributed by atoms with van der Waals surface area (Å²) in [6, 6.07) is 0. The second-order valence-corrected chi connectivity index (χ2v) is 4.08. The molecule has 0 aliphatic heterocycles. The molecule has 0 heteroatoms. The van der Waals surface area contributed by atoms with Crippen molar-refractivity contribution in [3.63, 3.8) is 0 Å². The van der Waals surface area contributed by atoms with Crippen LogP contribution in [0.3, 0.4) is 0 Å². The van der Waals surface area contributed by atoms with Gasteiger partial charge >= 0.3 is 0 Å². The molecule has 0 radical (unpaired) electrons. The summed E-state index contributed by atoms with van der Waals surface area (Å²) < 4.78 is 0. The minimum Gasteiger partial charge on any atom is -0.0885 e. The van der Waals surface area contributed by atoms with Crippen LogP contribution in [-0.4, -0.2) is 0 Å². The van der Waals surface area contributed by atoms with E-state index in [-0.39, 0.29) is 0 Å². The molecule has 2 rings (SSSR count). The lowest BCUT2D eigenvalue weighted by Crippen LogP contribution is -2.25. The first kappa shape index (κ1) is 7.39. The Labute approximate surface area is 69.7 Å². The van der Waals surface area contributed by atoms with Crippen LogP contribution in [0.15, 0.2) is 12.2 Å². The van der Waals surface area contributed by atoms with Gasteiger partial charge in [-0.05, 0) is 56.8 Å². The third-order valence-electron chi connectivity index (χ3n) is 3.39. The summed E-state index contributed by atoms with van der Waals surface area (Å²) in [5, 5.41) is 0. The van der Waals surface area contributed by atoms with Gasteiger partial charge in [0, 0.05) is 0 Å². The monoisotopic (exact) mass is 150 g/mol. The summed E-state index contributed by atoms with van der Waals surface area (Å²) in [7, 11) is 0. The van der Waals surface area contributed by atoms with E-state index in [0.717, 1.165) is 11.8 Å². The zero-order valence-corrected chi connectivity index (χ0v) is 7.26. The van der Waals surface area contributed by atoms with Crippen molar-refractivity contribution in [3.8, 4) is 0 Å². The maximum Gasteiger partial charge on any atom is -0.0348 e. The lowest BCUT2D eigenvalue weighted by Gasteiger charge is -2.36. The Hall–Kier alpha value is -0.260. The van der Waals surface area contributed by atoms with Gasteiger partial charge in [-0.15, -0.1) is 0 Å². The highest BCUT2D eigenvalue weighted by atomic mass is 14.3. The van der Waals surface area contributed by atoms with E-state index in [1.807, 2.05) is 0 Å². The number of hydrogen-bond acceptors (Lipinski definition) is 0. The molecule has 1 fully saturated rings. The van der Waals surface area contributed by atoms with E-state index in [2.05, 4.69) is 12.2 Å². The topological polar surface area (TPSA) is 0 Å². The third-order valence-corrected chi connectivity index (χ3v) is 3.39. The number of fused-ring (bicyclic) bond motifs is 1. The number of rotatable bonds is 0. The zero-order chi connectivity index (χ0) is 7.52. The summed E-state index contributed by atoms with van der Waals surface area (Å²) in [5.41, 5.74) is 0. The van der Waals surface area contributed by atoms with Gasteiger partial charge in [-0.25, -0.2) is 0 Å². The molecule has 2 aliphatic carbocycles. The van der Waals surface area contributed by atoms with Crippen LogP contribution in [0.4, 0.5) is 0 Å². The van der Waals surface area contributed by atoms with E-state index in [1.54, 1.807) is 0 Å². The maximum atomic E-state index is 2.39. The Kier molecular flexibility index (Phi) is 2.30. The molecule has 0 spiro atoms. The first-order valence-corrected chi connectivity index (χ1v) is 5.12. The van der Waals surface area contributed by atoms with Gasteiger partial charge in [0.1, 0.15) is 0 Å². The van der Waals surface area contributed by atoms with E-state index >= 15 is 0 Å². The molecule has 0 aromatic carbocycles. The highest BCUT2D eigenvalue weighted by molar-refractivity contribution is 4.89. The highest BCUT2D eigenvalue weighted by Crippen LogP contribution is 2.41. The second kappa shape index (κ2) is 3.42. The van der Waals surface area contributed by atoms with Crippen LogP contribution in [-0.2, 0) is 0 Å². The first-order valence-electron chi connectivity index (χ1n) is 5.12. The fourth-order valence-corrected chi connectivity index (χ4v) is 2.44. The molecular formula is C11H18. The number of hydrogen-bond donors (Lipinski definition) is 0. The van der Waals surface area contributed by atoms with Gasteiger partial charge in [0.2, 0.25) is 0 Å². The molecule has 2 unspecified atom stereocenters. The van der Waals surface area contributed by atoms with E-state index in [0.29, 0.717) is 0 Å². The summed E-state index contributed by atoms with van der Waals surface area (Å²) in [6.07, 6.45) is 14.9. The van der Waals surface area contributed by atoms with Crippen molar-refractivity contribution in [2.24, 2.45) is 11.8 Å². The van der Waals surface area contributed by atoms with Crippen molar-refractivity contribution < 1.29 is 0 Å². The lowest BCUT2D eigenvalue weighted by molar-refractivity contribution is 0.153. The molecule has 0 aromatic heterocycles. The summed E-state index contributed by atoms with van der Waals surface area (Å²) in [4.78, 5) is 0. The van der Waals surface area contributed by atoms with Crippen LogP contribution in [0, 0.1) is 11.8 Å². The van der Waals surface area contributed by atoms with E-state index < -0.39 is 0 Å². The average Bonchev–Trinajstić information content (AvgIpc) is 2.04. The minimum absolute atomic E-state index is 1.11. The smallest absolute Gasteiger partial charge is 0.0348 e. The molecule has 0 heterocycles. The van der Waals surface area contributed by atoms with E-state index in [4.69, 9.17) is 0 Å². The molecular weight excluding hydrogens is 132 g/mol. The van der Waals surface area contributed by atoms with E-state index in [9.17, 15) is 0 Å². The Bertz CT molecular complexity index is 146. The van der Waals surface area contributed by atoms with Crippen molar-refractivity contribution >= 4 is 0 Å². The standard InChI is InChI=1S/C11H18/c1-2-4-6-10-8-9-11(10)7-5-3-1/h1-2,10-11H,3-9H2. The van der Waals surface area contributed by atoms with Crippen LogP contribution in [0.5, 0.6) is 0 Å². The molecule has 0 nitrogen and oxygen atoms in total. The minimum atomic E-state index is 1.11. The molecule has 2 atom stereocenters. The summed E-state index contributed by atoms with van der Waals surface area (Å²) >= 11 is 0. The predicted octanol–water partition coefficient (Wildman–Crippen LogP) is 3.53.